The van der Waals surface area contributed by atoms with Gasteiger partial charge in [-0.2, -0.15) is 0 Å². The molecule has 1 aromatic rings. The van der Waals surface area contributed by atoms with Crippen LogP contribution < -0.4 is 10.0 Å². The first-order valence-electron chi connectivity index (χ1n) is 7.84. The van der Waals surface area contributed by atoms with Gasteiger partial charge in [0, 0.05) is 31.0 Å². The smallest absolute Gasteiger partial charge is 0.242 e. The molecule has 0 bridgehead atoms. The van der Waals surface area contributed by atoms with Gasteiger partial charge in [0.25, 0.3) is 0 Å². The molecule has 120 valence electrons. The molecule has 1 unspecified atom stereocenters. The van der Waals surface area contributed by atoms with E-state index in [0.29, 0.717) is 17.4 Å². The highest BCUT2D eigenvalue weighted by Gasteiger charge is 2.28. The van der Waals surface area contributed by atoms with E-state index in [0.717, 1.165) is 31.5 Å². The first-order valence-corrected chi connectivity index (χ1v) is 9.32. The number of aromatic nitrogens is 1. The van der Waals surface area contributed by atoms with Gasteiger partial charge in [-0.15, -0.1) is 0 Å². The fraction of sp³-hybridized carbons (Fsp3) is 0.733. The molecule has 21 heavy (non-hydrogen) atoms. The van der Waals surface area contributed by atoms with E-state index < -0.39 is 10.0 Å². The molecule has 1 aliphatic carbocycles. The summed E-state index contributed by atoms with van der Waals surface area (Å²) in [6.07, 6.45) is 6.22. The highest BCUT2D eigenvalue weighted by Crippen LogP contribution is 2.30. The van der Waals surface area contributed by atoms with Crippen LogP contribution >= 0.6 is 0 Å². The summed E-state index contributed by atoms with van der Waals surface area (Å²) in [7, 11) is -1.55. The first kappa shape index (κ1) is 16.5. The van der Waals surface area contributed by atoms with Crippen molar-refractivity contribution in [3.63, 3.8) is 0 Å². The summed E-state index contributed by atoms with van der Waals surface area (Å²) in [6.45, 7) is 5.57. The van der Waals surface area contributed by atoms with Gasteiger partial charge in [0.1, 0.15) is 0 Å². The normalized spacial score (nSPS) is 17.7. The van der Waals surface area contributed by atoms with Gasteiger partial charge < -0.3 is 9.88 Å². The summed E-state index contributed by atoms with van der Waals surface area (Å²) in [5.41, 5.74) is 1.01. The third-order valence-electron chi connectivity index (χ3n) is 4.29. The highest BCUT2D eigenvalue weighted by atomic mass is 32.2. The minimum absolute atomic E-state index is 0.0195. The number of sulfonamides is 1. The minimum atomic E-state index is -3.42. The topological polar surface area (TPSA) is 63.1 Å². The molecule has 0 saturated heterocycles. The number of hydrogen-bond acceptors (Lipinski definition) is 3. The van der Waals surface area contributed by atoms with Crippen LogP contribution in [0.25, 0.3) is 0 Å². The third-order valence-corrected chi connectivity index (χ3v) is 5.82. The molecular formula is C15H27N3O2S. The molecule has 0 aromatic carbocycles. The van der Waals surface area contributed by atoms with E-state index in [2.05, 4.69) is 17.0 Å². The number of rotatable bonds is 8. The van der Waals surface area contributed by atoms with Crippen molar-refractivity contribution in [1.29, 1.82) is 0 Å². The standard InChI is InChI=1S/C15H27N3O2S/c1-4-8-18-11-15(9-14(18)10-16-3)21(19,20)17-12(2)13-6-5-7-13/h9,11-13,16-17H,4-8,10H2,1-3H3. The van der Waals surface area contributed by atoms with E-state index in [-0.39, 0.29) is 6.04 Å². The average molecular weight is 313 g/mol. The second kappa shape index (κ2) is 6.94. The minimum Gasteiger partial charge on any atom is -0.349 e. The third kappa shape index (κ3) is 3.87. The molecule has 1 heterocycles. The van der Waals surface area contributed by atoms with Crippen LogP contribution in [0.15, 0.2) is 17.2 Å². The molecule has 1 atom stereocenters. The lowest BCUT2D eigenvalue weighted by Gasteiger charge is -2.31. The van der Waals surface area contributed by atoms with Crippen molar-refractivity contribution in [3.05, 3.63) is 18.0 Å². The Balaban J connectivity index is 2.16. The Morgan fingerprint density at radius 1 is 1.43 bits per heavy atom. The fourth-order valence-electron chi connectivity index (χ4n) is 2.80. The van der Waals surface area contributed by atoms with Crippen molar-refractivity contribution in [1.82, 2.24) is 14.6 Å². The van der Waals surface area contributed by atoms with Crippen LogP contribution in [0, 0.1) is 5.92 Å². The van der Waals surface area contributed by atoms with Crippen LogP contribution in [-0.4, -0.2) is 26.1 Å². The van der Waals surface area contributed by atoms with E-state index in [1.807, 2.05) is 18.5 Å². The van der Waals surface area contributed by atoms with Crippen molar-refractivity contribution in [2.45, 2.75) is 63.6 Å². The lowest BCUT2D eigenvalue weighted by atomic mass is 9.81. The quantitative estimate of drug-likeness (QED) is 0.772. The number of hydrogen-bond donors (Lipinski definition) is 2. The maximum absolute atomic E-state index is 12.5. The molecular weight excluding hydrogens is 286 g/mol. The summed E-state index contributed by atoms with van der Waals surface area (Å²) in [5, 5.41) is 3.09. The Morgan fingerprint density at radius 2 is 2.14 bits per heavy atom. The molecule has 1 saturated carbocycles. The van der Waals surface area contributed by atoms with Gasteiger partial charge in [-0.25, -0.2) is 13.1 Å². The van der Waals surface area contributed by atoms with Crippen LogP contribution in [0.3, 0.4) is 0 Å². The maximum atomic E-state index is 12.5. The molecule has 0 spiro atoms. The molecule has 0 aliphatic heterocycles. The first-order chi connectivity index (χ1) is 9.97. The van der Waals surface area contributed by atoms with Gasteiger partial charge in [0.15, 0.2) is 0 Å². The van der Waals surface area contributed by atoms with Gasteiger partial charge >= 0.3 is 0 Å². The van der Waals surface area contributed by atoms with E-state index >= 15 is 0 Å². The summed E-state index contributed by atoms with van der Waals surface area (Å²) < 4.78 is 29.9. The average Bonchev–Trinajstić information content (AvgIpc) is 2.71. The van der Waals surface area contributed by atoms with Gasteiger partial charge in [-0.3, -0.25) is 0 Å². The Morgan fingerprint density at radius 3 is 2.67 bits per heavy atom. The predicted molar refractivity (Wildman–Crippen MR) is 84.6 cm³/mol. The lowest BCUT2D eigenvalue weighted by Crippen LogP contribution is -2.40. The largest absolute Gasteiger partial charge is 0.349 e. The van der Waals surface area contributed by atoms with Crippen LogP contribution in [0.1, 0.15) is 45.2 Å². The lowest BCUT2D eigenvalue weighted by molar-refractivity contribution is 0.260. The summed E-state index contributed by atoms with van der Waals surface area (Å²) in [4.78, 5) is 0.382. The monoisotopic (exact) mass is 313 g/mol. The van der Waals surface area contributed by atoms with Crippen LogP contribution in [-0.2, 0) is 23.1 Å². The van der Waals surface area contributed by atoms with Crippen LogP contribution in [0.5, 0.6) is 0 Å². The van der Waals surface area contributed by atoms with Gasteiger partial charge in [-0.1, -0.05) is 13.3 Å². The van der Waals surface area contributed by atoms with Crippen molar-refractivity contribution < 1.29 is 8.42 Å². The SMILES string of the molecule is CCCn1cc(S(=O)(=O)NC(C)C2CCC2)cc1CNC. The van der Waals surface area contributed by atoms with E-state index in [1.54, 1.807) is 12.3 Å². The Kier molecular flexibility index (Phi) is 5.46. The summed E-state index contributed by atoms with van der Waals surface area (Å²) in [5.74, 6) is 0.495. The Bertz CT molecular complexity index is 538. The van der Waals surface area contributed by atoms with Crippen molar-refractivity contribution in [2.75, 3.05) is 7.05 Å². The molecule has 1 aliphatic rings. The molecule has 1 aromatic heterocycles. The van der Waals surface area contributed by atoms with Gasteiger partial charge in [0.05, 0.1) is 4.90 Å². The second-order valence-corrected chi connectivity index (χ2v) is 7.71. The molecule has 2 N–H and O–H groups in total. The molecule has 5 nitrogen and oxygen atoms in total. The van der Waals surface area contributed by atoms with E-state index in [1.165, 1.54) is 6.42 Å². The van der Waals surface area contributed by atoms with E-state index in [4.69, 9.17) is 0 Å². The highest BCUT2D eigenvalue weighted by molar-refractivity contribution is 7.89. The molecule has 1 fully saturated rings. The van der Waals surface area contributed by atoms with Crippen molar-refractivity contribution >= 4 is 10.0 Å². The van der Waals surface area contributed by atoms with Crippen molar-refractivity contribution in [2.24, 2.45) is 5.92 Å². The fourth-order valence-corrected chi connectivity index (χ4v) is 4.17. The van der Waals surface area contributed by atoms with Crippen LogP contribution in [0.2, 0.25) is 0 Å². The maximum Gasteiger partial charge on any atom is 0.242 e. The van der Waals surface area contributed by atoms with Crippen molar-refractivity contribution in [3.8, 4) is 0 Å². The zero-order valence-electron chi connectivity index (χ0n) is 13.2. The Labute approximate surface area is 128 Å². The molecule has 2 rings (SSSR count). The molecule has 6 heteroatoms. The van der Waals surface area contributed by atoms with Gasteiger partial charge in [-0.05, 0) is 45.2 Å². The zero-order chi connectivity index (χ0) is 15.5. The second-order valence-electron chi connectivity index (χ2n) is 5.99. The predicted octanol–water partition coefficient (Wildman–Crippen LogP) is 2.08. The molecule has 0 radical (unpaired) electrons. The summed E-state index contributed by atoms with van der Waals surface area (Å²) >= 11 is 0. The van der Waals surface area contributed by atoms with Gasteiger partial charge in [0.2, 0.25) is 10.0 Å². The zero-order valence-corrected chi connectivity index (χ0v) is 14.0. The number of aryl methyl sites for hydroxylation is 1. The Hall–Kier alpha value is -0.850. The van der Waals surface area contributed by atoms with E-state index in [9.17, 15) is 8.42 Å². The number of nitrogens with zero attached hydrogens (tertiary/aromatic N) is 1. The number of nitrogens with one attached hydrogen (secondary N) is 2. The summed E-state index contributed by atoms with van der Waals surface area (Å²) in [6, 6.07) is 1.80. The molecule has 0 amide bonds. The van der Waals surface area contributed by atoms with Crippen LogP contribution in [0.4, 0.5) is 0 Å².